The fourth-order valence-electron chi connectivity index (χ4n) is 8.84. The second kappa shape index (κ2) is 10.5. The lowest BCUT2D eigenvalue weighted by Gasteiger charge is -2.35. The summed E-state index contributed by atoms with van der Waals surface area (Å²) in [7, 11) is 0. The SMILES string of the molecule is Cc1ccc(C2(c3ccc(C)cc3)c3ccccc3-c3cc4c(cc32)-c2ccccc2C4(c2ccc(C)cc2)c2ccc(C)cc2)cc1. The zero-order chi connectivity index (χ0) is 32.6. The van der Waals surface area contributed by atoms with Crippen LogP contribution >= 0.6 is 0 Å². The zero-order valence-electron chi connectivity index (χ0n) is 28.0. The Morgan fingerprint density at radius 3 is 0.833 bits per heavy atom. The highest BCUT2D eigenvalue weighted by Gasteiger charge is 2.51. The van der Waals surface area contributed by atoms with Crippen molar-refractivity contribution in [3.63, 3.8) is 0 Å². The average Bonchev–Trinajstić information content (AvgIpc) is 3.57. The van der Waals surface area contributed by atoms with Crippen LogP contribution in [0.4, 0.5) is 0 Å². The molecule has 2 aliphatic carbocycles. The Labute approximate surface area is 284 Å². The minimum atomic E-state index is -0.448. The molecule has 0 fully saturated rings. The summed E-state index contributed by atoms with van der Waals surface area (Å²) in [4.78, 5) is 0. The maximum Gasteiger partial charge on any atom is 0.0713 e. The van der Waals surface area contributed by atoms with Gasteiger partial charge in [-0.15, -0.1) is 0 Å². The molecule has 0 heterocycles. The third kappa shape index (κ3) is 3.84. The van der Waals surface area contributed by atoms with E-state index in [1.54, 1.807) is 0 Å². The first kappa shape index (κ1) is 28.7. The Kier molecular flexibility index (Phi) is 6.30. The van der Waals surface area contributed by atoms with E-state index in [4.69, 9.17) is 0 Å². The number of fused-ring (bicyclic) bond motifs is 6. The molecule has 0 aromatic heterocycles. The van der Waals surface area contributed by atoms with Gasteiger partial charge in [-0.25, -0.2) is 0 Å². The van der Waals surface area contributed by atoms with Gasteiger partial charge in [-0.1, -0.05) is 168 Å². The van der Waals surface area contributed by atoms with Crippen LogP contribution < -0.4 is 0 Å². The van der Waals surface area contributed by atoms with Crippen LogP contribution in [0.15, 0.2) is 158 Å². The van der Waals surface area contributed by atoms with Crippen LogP contribution in [-0.2, 0) is 10.8 Å². The lowest BCUT2D eigenvalue weighted by Crippen LogP contribution is -2.30. The van der Waals surface area contributed by atoms with Gasteiger partial charge >= 0.3 is 0 Å². The molecule has 9 rings (SSSR count). The van der Waals surface area contributed by atoms with Crippen LogP contribution in [0.5, 0.6) is 0 Å². The summed E-state index contributed by atoms with van der Waals surface area (Å²) in [5.74, 6) is 0. The van der Waals surface area contributed by atoms with Gasteiger partial charge in [0.15, 0.2) is 0 Å². The fourth-order valence-corrected chi connectivity index (χ4v) is 8.84. The topological polar surface area (TPSA) is 0 Å². The van der Waals surface area contributed by atoms with Crippen molar-refractivity contribution in [3.05, 3.63) is 224 Å². The highest BCUT2D eigenvalue weighted by Crippen LogP contribution is 2.62. The predicted molar refractivity (Wildman–Crippen MR) is 200 cm³/mol. The molecule has 0 bridgehead atoms. The number of rotatable bonds is 4. The van der Waals surface area contributed by atoms with Crippen molar-refractivity contribution in [3.8, 4) is 22.3 Å². The third-order valence-corrected chi connectivity index (χ3v) is 11.1. The lowest BCUT2D eigenvalue weighted by atomic mass is 9.65. The van der Waals surface area contributed by atoms with Crippen molar-refractivity contribution >= 4 is 0 Å². The summed E-state index contributed by atoms with van der Waals surface area (Å²) in [5, 5.41) is 0. The first-order valence-electron chi connectivity index (χ1n) is 17.1. The summed E-state index contributed by atoms with van der Waals surface area (Å²) in [5.41, 5.74) is 20.1. The Morgan fingerprint density at radius 1 is 0.271 bits per heavy atom. The van der Waals surface area contributed by atoms with Gasteiger partial charge < -0.3 is 0 Å². The van der Waals surface area contributed by atoms with Crippen molar-refractivity contribution in [2.45, 2.75) is 38.5 Å². The Morgan fingerprint density at radius 2 is 0.542 bits per heavy atom. The molecule has 0 atom stereocenters. The Balaban J connectivity index is 1.44. The van der Waals surface area contributed by atoms with Gasteiger partial charge in [0.05, 0.1) is 10.8 Å². The van der Waals surface area contributed by atoms with Gasteiger partial charge in [0.25, 0.3) is 0 Å². The highest BCUT2D eigenvalue weighted by molar-refractivity contribution is 5.94. The minimum absolute atomic E-state index is 0.448. The summed E-state index contributed by atoms with van der Waals surface area (Å²) < 4.78 is 0. The van der Waals surface area contributed by atoms with Gasteiger partial charge in [-0.2, -0.15) is 0 Å². The van der Waals surface area contributed by atoms with E-state index in [1.807, 2.05) is 0 Å². The molecule has 2 aliphatic rings. The summed E-state index contributed by atoms with van der Waals surface area (Å²) in [6.07, 6.45) is 0. The van der Waals surface area contributed by atoms with E-state index < -0.39 is 10.8 Å². The van der Waals surface area contributed by atoms with Crippen LogP contribution in [0.3, 0.4) is 0 Å². The van der Waals surface area contributed by atoms with Crippen LogP contribution in [-0.4, -0.2) is 0 Å². The van der Waals surface area contributed by atoms with E-state index >= 15 is 0 Å². The van der Waals surface area contributed by atoms with E-state index in [1.165, 1.54) is 89.0 Å². The number of hydrogen-bond acceptors (Lipinski definition) is 0. The van der Waals surface area contributed by atoms with E-state index in [2.05, 4.69) is 185 Å². The van der Waals surface area contributed by atoms with E-state index in [9.17, 15) is 0 Å². The molecular formula is C48H38. The average molecular weight is 615 g/mol. The molecule has 0 saturated heterocycles. The molecule has 0 radical (unpaired) electrons. The molecule has 0 N–H and O–H groups in total. The predicted octanol–water partition coefficient (Wildman–Crippen LogP) is 11.6. The molecule has 7 aromatic carbocycles. The summed E-state index contributed by atoms with van der Waals surface area (Å²) >= 11 is 0. The van der Waals surface area contributed by atoms with Crippen molar-refractivity contribution < 1.29 is 0 Å². The Hall–Kier alpha value is -5.46. The standard InChI is InChI=1S/C48H38/c1-31-13-21-35(22-14-31)47(36-23-15-32(2)16-24-36)43-11-7-5-9-39(43)41-30-46-42(29-45(41)47)40-10-6-8-12-44(40)48(46,37-25-17-33(3)18-26-37)38-27-19-34(4)20-28-38/h5-30H,1-4H3. The van der Waals surface area contributed by atoms with Crippen molar-refractivity contribution in [2.75, 3.05) is 0 Å². The minimum Gasteiger partial charge on any atom is -0.0619 e. The summed E-state index contributed by atoms with van der Waals surface area (Å²) in [6.45, 7) is 8.72. The molecule has 0 unspecified atom stereocenters. The van der Waals surface area contributed by atoms with Gasteiger partial charge in [-0.3, -0.25) is 0 Å². The van der Waals surface area contributed by atoms with Gasteiger partial charge in [0.1, 0.15) is 0 Å². The molecule has 0 spiro atoms. The number of hydrogen-bond donors (Lipinski definition) is 0. The highest BCUT2D eigenvalue weighted by atomic mass is 14.5. The Bertz CT molecular complexity index is 2070. The third-order valence-electron chi connectivity index (χ3n) is 11.1. The maximum absolute atomic E-state index is 2.56. The molecule has 0 amide bonds. The van der Waals surface area contributed by atoms with Crippen molar-refractivity contribution in [1.29, 1.82) is 0 Å². The van der Waals surface area contributed by atoms with Crippen LogP contribution in [0.2, 0.25) is 0 Å². The fraction of sp³-hybridized carbons (Fsp3) is 0.125. The summed E-state index contributed by atoms with van der Waals surface area (Å²) in [6, 6.07) is 60.4. The first-order valence-corrected chi connectivity index (χ1v) is 17.1. The second-order valence-corrected chi connectivity index (χ2v) is 14.0. The largest absolute Gasteiger partial charge is 0.0713 e. The monoisotopic (exact) mass is 614 g/mol. The molecule has 48 heavy (non-hydrogen) atoms. The lowest BCUT2D eigenvalue weighted by molar-refractivity contribution is 0.758. The van der Waals surface area contributed by atoms with Crippen molar-refractivity contribution in [2.24, 2.45) is 0 Å². The zero-order valence-corrected chi connectivity index (χ0v) is 28.0. The molecule has 0 nitrogen and oxygen atoms in total. The van der Waals surface area contributed by atoms with Crippen molar-refractivity contribution in [1.82, 2.24) is 0 Å². The molecule has 230 valence electrons. The van der Waals surface area contributed by atoms with Gasteiger partial charge in [-0.05, 0) is 107 Å². The molecule has 7 aromatic rings. The van der Waals surface area contributed by atoms with Gasteiger partial charge in [0, 0.05) is 0 Å². The van der Waals surface area contributed by atoms with E-state index in [0.29, 0.717) is 0 Å². The van der Waals surface area contributed by atoms with E-state index in [-0.39, 0.29) is 0 Å². The molecule has 0 aliphatic heterocycles. The second-order valence-electron chi connectivity index (χ2n) is 14.0. The van der Waals surface area contributed by atoms with Crippen LogP contribution in [0, 0.1) is 27.7 Å². The van der Waals surface area contributed by atoms with Gasteiger partial charge in [0.2, 0.25) is 0 Å². The number of aryl methyl sites for hydroxylation is 4. The van der Waals surface area contributed by atoms with Crippen LogP contribution in [0.25, 0.3) is 22.3 Å². The number of benzene rings is 7. The van der Waals surface area contributed by atoms with E-state index in [0.717, 1.165) is 0 Å². The van der Waals surface area contributed by atoms with Crippen LogP contribution in [0.1, 0.15) is 66.8 Å². The quantitative estimate of drug-likeness (QED) is 0.185. The first-order chi connectivity index (χ1) is 23.4. The molecular weight excluding hydrogens is 577 g/mol. The smallest absolute Gasteiger partial charge is 0.0619 e. The maximum atomic E-state index is 2.56. The normalized spacial score (nSPS) is 14.6. The molecule has 0 heteroatoms. The molecule has 0 saturated carbocycles.